The van der Waals surface area contributed by atoms with Crippen molar-refractivity contribution in [2.24, 2.45) is 17.4 Å². The average molecular weight is 538 g/mol. The van der Waals surface area contributed by atoms with E-state index in [0.717, 1.165) is 31.2 Å². The van der Waals surface area contributed by atoms with Gasteiger partial charge in [-0.15, -0.1) is 0 Å². The van der Waals surface area contributed by atoms with Crippen molar-refractivity contribution in [3.8, 4) is 0 Å². The predicted octanol–water partition coefficient (Wildman–Crippen LogP) is 4.07. The Morgan fingerprint density at radius 3 is 2.34 bits per heavy atom. The first-order valence-corrected chi connectivity index (χ1v) is 12.9. The number of anilines is 1. The molecule has 1 atom stereocenters. The molecule has 1 fully saturated rings. The molecular weight excluding hydrogens is 495 g/mol. The lowest BCUT2D eigenvalue weighted by Gasteiger charge is -2.35. The summed E-state index contributed by atoms with van der Waals surface area (Å²) in [5.41, 5.74) is 11.5. The molecule has 1 saturated heterocycles. The van der Waals surface area contributed by atoms with E-state index in [-0.39, 0.29) is 5.65 Å². The number of aromatic amines is 1. The number of ether oxygens (including phenoxy) is 1. The maximum Gasteiger partial charge on any atom is 0.431 e. The van der Waals surface area contributed by atoms with Crippen LogP contribution in [-0.4, -0.2) is 73.8 Å². The van der Waals surface area contributed by atoms with Gasteiger partial charge in [0.25, 0.3) is 0 Å². The number of aryl methyl sites for hydroxylation is 1. The number of fused-ring (bicyclic) bond motifs is 2. The van der Waals surface area contributed by atoms with Gasteiger partial charge in [-0.25, -0.2) is 9.97 Å². The van der Waals surface area contributed by atoms with Crippen LogP contribution in [0.5, 0.6) is 0 Å². The minimum atomic E-state index is -4.40. The van der Waals surface area contributed by atoms with Crippen LogP contribution >= 0.6 is 0 Å². The predicted molar refractivity (Wildman–Crippen MR) is 147 cm³/mol. The fraction of sp³-hybridized carbons (Fsp3) is 0.556. The zero-order valence-corrected chi connectivity index (χ0v) is 22.8. The van der Waals surface area contributed by atoms with Crippen LogP contribution in [0.3, 0.4) is 0 Å². The maximum atomic E-state index is 12.4. The largest absolute Gasteiger partial charge is 0.431 e. The van der Waals surface area contributed by atoms with Gasteiger partial charge in [-0.1, -0.05) is 24.3 Å². The number of benzene rings is 1. The van der Waals surface area contributed by atoms with Crippen LogP contribution in [0.15, 0.2) is 36.7 Å². The number of hydrogen-bond donors (Lipinski definition) is 4. The van der Waals surface area contributed by atoms with E-state index in [2.05, 4.69) is 67.9 Å². The number of likely N-dealkylation sites (N-methyl/N-ethyl adjacent to an activating group) is 1. The summed E-state index contributed by atoms with van der Waals surface area (Å²) in [5.74, 6) is 1.21. The smallest absolute Gasteiger partial charge is 0.381 e. The molecule has 1 aliphatic heterocycles. The zero-order chi connectivity index (χ0) is 28.1. The maximum absolute atomic E-state index is 12.4. The molecule has 11 heteroatoms. The van der Waals surface area contributed by atoms with Gasteiger partial charge in [0, 0.05) is 32.8 Å². The third-order valence-electron chi connectivity index (χ3n) is 6.80. The molecule has 0 saturated carbocycles. The van der Waals surface area contributed by atoms with Gasteiger partial charge in [0.15, 0.2) is 0 Å². The fourth-order valence-electron chi connectivity index (χ4n) is 4.83. The molecule has 8 nitrogen and oxygen atoms in total. The topological polar surface area (TPSA) is 118 Å². The number of rotatable bonds is 4. The highest BCUT2D eigenvalue weighted by Crippen LogP contribution is 2.32. The Balaban J connectivity index is 0.000000241. The third kappa shape index (κ3) is 8.65. The zero-order valence-electron chi connectivity index (χ0n) is 22.8. The highest BCUT2D eigenvalue weighted by molar-refractivity contribution is 5.87. The Hall–Kier alpha value is -2.73. The summed E-state index contributed by atoms with van der Waals surface area (Å²) in [6, 6.07) is 10.7. The second-order valence-corrected chi connectivity index (χ2v) is 9.08. The Kier molecular flexibility index (Phi) is 12.9. The van der Waals surface area contributed by atoms with Crippen LogP contribution in [0.25, 0.3) is 11.0 Å². The Morgan fingerprint density at radius 1 is 1.05 bits per heavy atom. The molecular formula is C27H42F3N7O. The molecule has 0 amide bonds. The molecule has 1 aromatic carbocycles. The summed E-state index contributed by atoms with van der Waals surface area (Å²) in [5, 5.41) is 3.02. The average Bonchev–Trinajstić information content (AvgIpc) is 3.42. The Morgan fingerprint density at radius 2 is 1.71 bits per heavy atom. The molecule has 1 unspecified atom stereocenters. The number of alkyl halides is 3. The van der Waals surface area contributed by atoms with Crippen LogP contribution in [0.4, 0.5) is 19.0 Å². The number of hydrogen-bond acceptors (Lipinski definition) is 7. The molecule has 0 radical (unpaired) electrons. The molecule has 0 spiro atoms. The van der Waals surface area contributed by atoms with Crippen molar-refractivity contribution < 1.29 is 17.9 Å². The number of H-pyrrole nitrogens is 1. The lowest BCUT2D eigenvalue weighted by Crippen LogP contribution is -2.40. The summed E-state index contributed by atoms with van der Waals surface area (Å²) in [4.78, 5) is 12.3. The van der Waals surface area contributed by atoms with Crippen molar-refractivity contribution in [2.75, 3.05) is 53.3 Å². The Labute approximate surface area is 223 Å². The van der Waals surface area contributed by atoms with Crippen LogP contribution in [0.1, 0.15) is 36.1 Å². The summed E-state index contributed by atoms with van der Waals surface area (Å²) in [6.07, 6.45) is 3.09. The van der Waals surface area contributed by atoms with Crippen molar-refractivity contribution in [1.82, 2.24) is 19.9 Å². The van der Waals surface area contributed by atoms with E-state index in [9.17, 15) is 13.2 Å². The number of nitrogens with two attached hydrogens (primary N) is 2. The van der Waals surface area contributed by atoms with E-state index in [1.807, 2.05) is 0 Å². The molecule has 38 heavy (non-hydrogen) atoms. The molecule has 6 N–H and O–H groups in total. The van der Waals surface area contributed by atoms with Crippen LogP contribution in [0.2, 0.25) is 0 Å². The van der Waals surface area contributed by atoms with Crippen LogP contribution in [-0.2, 0) is 23.8 Å². The van der Waals surface area contributed by atoms with Crippen LogP contribution < -0.4 is 16.8 Å². The molecule has 2 aliphatic rings. The van der Waals surface area contributed by atoms with Gasteiger partial charge in [0.1, 0.15) is 23.5 Å². The summed E-state index contributed by atoms with van der Waals surface area (Å²) in [7, 11) is 6.90. The molecule has 0 bridgehead atoms. The van der Waals surface area contributed by atoms with Gasteiger partial charge < -0.3 is 31.4 Å². The number of nitrogens with zero attached hydrogens (tertiary/aromatic N) is 3. The number of nitrogens with one attached hydrogen (secondary N) is 2. The van der Waals surface area contributed by atoms with Crippen molar-refractivity contribution in [3.63, 3.8) is 0 Å². The van der Waals surface area contributed by atoms with Crippen molar-refractivity contribution >= 4 is 16.9 Å². The van der Waals surface area contributed by atoms with Gasteiger partial charge >= 0.3 is 6.18 Å². The van der Waals surface area contributed by atoms with E-state index in [1.54, 1.807) is 18.2 Å². The highest BCUT2D eigenvalue weighted by Gasteiger charge is 2.33. The van der Waals surface area contributed by atoms with E-state index in [1.165, 1.54) is 59.1 Å². The fourth-order valence-corrected chi connectivity index (χ4v) is 4.83. The normalized spacial score (nSPS) is 17.3. The molecule has 3 aromatic rings. The van der Waals surface area contributed by atoms with Gasteiger partial charge in [-0.05, 0) is 76.4 Å². The SMILES string of the molecule is CN.CN.CN(CC1CCOCC1)C1CCc2ccccc2C1.CNc1ncnc2[nH]c(C(F)(F)F)cc12. The monoisotopic (exact) mass is 537 g/mol. The minimum absolute atomic E-state index is 0.168. The van der Waals surface area contributed by atoms with E-state index >= 15 is 0 Å². The molecule has 2 aromatic heterocycles. The minimum Gasteiger partial charge on any atom is -0.381 e. The Bertz CT molecular complexity index is 1080. The molecule has 1 aliphatic carbocycles. The first kappa shape index (κ1) is 31.5. The first-order chi connectivity index (χ1) is 18.3. The van der Waals surface area contributed by atoms with Crippen LogP contribution in [0, 0.1) is 5.92 Å². The molecule has 3 heterocycles. The van der Waals surface area contributed by atoms with Crippen molar-refractivity contribution in [1.29, 1.82) is 0 Å². The van der Waals surface area contributed by atoms with E-state index in [0.29, 0.717) is 11.2 Å². The van der Waals surface area contributed by atoms with Crippen molar-refractivity contribution in [2.45, 2.75) is 44.3 Å². The standard InChI is InChI=1S/C17H25NO.C8H7F3N4.2CH5N/c1-18(13-14-8-10-19-11-9-14)17-7-6-15-4-2-3-5-16(15)12-17;1-12-6-4-2-5(8(9,10)11)15-7(4)14-3-13-6;2*1-2/h2-5,14,17H,6-13H2,1H3;2-3H,1H3,(H2,12,13,14,15);2*2H2,1H3. The summed E-state index contributed by atoms with van der Waals surface area (Å²) < 4.78 is 42.5. The van der Waals surface area contributed by atoms with Gasteiger partial charge in [0.05, 0.1) is 5.39 Å². The molecule has 5 rings (SSSR count). The van der Waals surface area contributed by atoms with Crippen molar-refractivity contribution in [3.05, 3.63) is 53.5 Å². The summed E-state index contributed by atoms with van der Waals surface area (Å²) >= 11 is 0. The molecule has 212 valence electrons. The number of halogens is 3. The quantitative estimate of drug-likeness (QED) is 0.396. The number of aromatic nitrogens is 3. The third-order valence-corrected chi connectivity index (χ3v) is 6.80. The lowest BCUT2D eigenvalue weighted by molar-refractivity contribution is -0.140. The second kappa shape index (κ2) is 15.6. The lowest BCUT2D eigenvalue weighted by atomic mass is 9.87. The summed E-state index contributed by atoms with van der Waals surface area (Å²) in [6.45, 7) is 3.17. The van der Waals surface area contributed by atoms with Gasteiger partial charge in [-0.2, -0.15) is 13.2 Å². The van der Waals surface area contributed by atoms with Gasteiger partial charge in [-0.3, -0.25) is 0 Å². The second-order valence-electron chi connectivity index (χ2n) is 9.08. The van der Waals surface area contributed by atoms with E-state index in [4.69, 9.17) is 4.74 Å². The van der Waals surface area contributed by atoms with E-state index < -0.39 is 11.9 Å². The highest BCUT2D eigenvalue weighted by atomic mass is 19.4. The van der Waals surface area contributed by atoms with Gasteiger partial charge in [0.2, 0.25) is 0 Å². The first-order valence-electron chi connectivity index (χ1n) is 12.9.